The molecule has 0 saturated carbocycles. The molecule has 2 heteroatoms. The molecule has 0 aliphatic rings. The summed E-state index contributed by atoms with van der Waals surface area (Å²) >= 11 is 3.40. The van der Waals surface area contributed by atoms with Gasteiger partial charge in [0.1, 0.15) is 0 Å². The first-order chi connectivity index (χ1) is 6.86. The lowest BCUT2D eigenvalue weighted by molar-refractivity contribution is 1.47. The Bertz CT molecular complexity index is 352. The molecule has 0 amide bonds. The highest BCUT2D eigenvalue weighted by Gasteiger charge is 1.92. The van der Waals surface area contributed by atoms with Crippen LogP contribution in [0.3, 0.4) is 0 Å². The quantitative estimate of drug-likeness (QED) is 0.684. The molecule has 1 nitrogen and oxygen atoms in total. The van der Waals surface area contributed by atoms with Crippen LogP contribution in [0, 0.1) is 0 Å². The summed E-state index contributed by atoms with van der Waals surface area (Å²) in [6, 6.07) is 8.24. The first-order valence-corrected chi connectivity index (χ1v) is 5.88. The normalized spacial score (nSPS) is 8.36. The monoisotopic (exact) mass is 255 g/mol. The summed E-state index contributed by atoms with van der Waals surface area (Å²) < 4.78 is 1.11. The maximum Gasteiger partial charge on any atom is 0.0465 e. The lowest BCUT2D eigenvalue weighted by Gasteiger charge is -1.89. The van der Waals surface area contributed by atoms with E-state index in [4.69, 9.17) is 0 Å². The summed E-state index contributed by atoms with van der Waals surface area (Å²) in [6.07, 6.45) is 1.94. The highest BCUT2D eigenvalue weighted by atomic mass is 79.9. The van der Waals surface area contributed by atoms with Gasteiger partial charge in [-0.1, -0.05) is 49.7 Å². The van der Waals surface area contributed by atoms with Crippen molar-refractivity contribution < 1.29 is 0 Å². The van der Waals surface area contributed by atoms with Gasteiger partial charge in [-0.3, -0.25) is 0 Å². The van der Waals surface area contributed by atoms with Crippen LogP contribution in [0.4, 0.5) is 0 Å². The third-order valence-corrected chi connectivity index (χ3v) is 2.01. The molecular weight excluding hydrogens is 238 g/mol. The standard InChI is InChI=1S/C8H6BrN.2C2H6/c9-7-2-1-6-3-4-10-8(6)5-7;2*1-2/h1-5,10H;2*1-2H3. The molecule has 0 atom stereocenters. The number of benzene rings is 1. The summed E-state index contributed by atoms with van der Waals surface area (Å²) in [5.74, 6) is 0. The van der Waals surface area contributed by atoms with Gasteiger partial charge in [0.05, 0.1) is 0 Å². The molecule has 14 heavy (non-hydrogen) atoms. The molecule has 0 fully saturated rings. The van der Waals surface area contributed by atoms with E-state index >= 15 is 0 Å². The lowest BCUT2D eigenvalue weighted by Crippen LogP contribution is -1.66. The average Bonchev–Trinajstić information content (AvgIpc) is 2.71. The molecule has 0 unspecified atom stereocenters. The Kier molecular flexibility index (Phi) is 7.21. The van der Waals surface area contributed by atoms with Gasteiger partial charge in [-0.15, -0.1) is 0 Å². The number of aromatic nitrogens is 1. The van der Waals surface area contributed by atoms with Crippen molar-refractivity contribution in [3.63, 3.8) is 0 Å². The summed E-state index contributed by atoms with van der Waals surface area (Å²) in [5.41, 5.74) is 1.18. The van der Waals surface area contributed by atoms with Gasteiger partial charge in [0, 0.05) is 16.2 Å². The number of halogens is 1. The van der Waals surface area contributed by atoms with Crippen LogP contribution in [-0.4, -0.2) is 4.98 Å². The SMILES string of the molecule is Brc1ccc2cc[nH]c2c1.CC.CC. The van der Waals surface area contributed by atoms with Crippen molar-refractivity contribution in [2.75, 3.05) is 0 Å². The van der Waals surface area contributed by atoms with Crippen molar-refractivity contribution in [1.82, 2.24) is 4.98 Å². The van der Waals surface area contributed by atoms with Crippen molar-refractivity contribution in [3.05, 3.63) is 34.9 Å². The number of H-pyrrole nitrogens is 1. The van der Waals surface area contributed by atoms with Gasteiger partial charge in [0.25, 0.3) is 0 Å². The summed E-state index contributed by atoms with van der Waals surface area (Å²) in [4.78, 5) is 3.13. The van der Waals surface area contributed by atoms with Crippen LogP contribution in [0.2, 0.25) is 0 Å². The van der Waals surface area contributed by atoms with Crippen LogP contribution in [0.25, 0.3) is 10.9 Å². The zero-order valence-electron chi connectivity index (χ0n) is 9.26. The maximum absolute atomic E-state index is 3.40. The van der Waals surface area contributed by atoms with E-state index in [9.17, 15) is 0 Å². The Morgan fingerprint density at radius 1 is 1.00 bits per heavy atom. The number of aromatic amines is 1. The minimum Gasteiger partial charge on any atom is -0.361 e. The van der Waals surface area contributed by atoms with Crippen molar-refractivity contribution in [2.24, 2.45) is 0 Å². The largest absolute Gasteiger partial charge is 0.361 e. The molecule has 0 aliphatic heterocycles. The maximum atomic E-state index is 3.40. The van der Waals surface area contributed by atoms with Gasteiger partial charge in [-0.25, -0.2) is 0 Å². The van der Waals surface area contributed by atoms with Crippen molar-refractivity contribution >= 4 is 26.8 Å². The summed E-state index contributed by atoms with van der Waals surface area (Å²) in [6.45, 7) is 8.00. The molecule has 1 aromatic heterocycles. The molecule has 2 rings (SSSR count). The van der Waals surface area contributed by atoms with Crippen molar-refractivity contribution in [2.45, 2.75) is 27.7 Å². The molecule has 0 bridgehead atoms. The van der Waals surface area contributed by atoms with Crippen LogP contribution in [0.1, 0.15) is 27.7 Å². The van der Waals surface area contributed by atoms with Crippen LogP contribution in [0.15, 0.2) is 34.9 Å². The predicted molar refractivity (Wildman–Crippen MR) is 68.7 cm³/mol. The smallest absolute Gasteiger partial charge is 0.0465 e. The molecule has 1 heterocycles. The van der Waals surface area contributed by atoms with Gasteiger partial charge in [-0.05, 0) is 23.6 Å². The zero-order chi connectivity index (χ0) is 11.0. The third kappa shape index (κ3) is 3.54. The van der Waals surface area contributed by atoms with Crippen LogP contribution >= 0.6 is 15.9 Å². The zero-order valence-corrected chi connectivity index (χ0v) is 10.9. The van der Waals surface area contributed by atoms with Gasteiger partial charge >= 0.3 is 0 Å². The predicted octanol–water partition coefficient (Wildman–Crippen LogP) is 4.98. The number of hydrogen-bond acceptors (Lipinski definition) is 0. The van der Waals surface area contributed by atoms with Crippen molar-refractivity contribution in [3.8, 4) is 0 Å². The van der Waals surface area contributed by atoms with Crippen LogP contribution < -0.4 is 0 Å². The molecule has 1 aromatic carbocycles. The Hall–Kier alpha value is -0.760. The van der Waals surface area contributed by atoms with Crippen molar-refractivity contribution in [1.29, 1.82) is 0 Å². The Morgan fingerprint density at radius 2 is 1.64 bits per heavy atom. The minimum atomic E-state index is 1.11. The fourth-order valence-corrected chi connectivity index (χ4v) is 1.38. The molecule has 0 aliphatic carbocycles. The van der Waals surface area contributed by atoms with E-state index in [0.717, 1.165) is 4.47 Å². The second-order valence-electron chi connectivity index (χ2n) is 2.21. The van der Waals surface area contributed by atoms with E-state index in [1.54, 1.807) is 0 Å². The summed E-state index contributed by atoms with van der Waals surface area (Å²) in [5, 5.41) is 1.25. The van der Waals surface area contributed by atoms with E-state index < -0.39 is 0 Å². The fourth-order valence-electron chi connectivity index (χ4n) is 1.02. The number of rotatable bonds is 0. The van der Waals surface area contributed by atoms with Gasteiger partial charge in [0.2, 0.25) is 0 Å². The molecule has 0 spiro atoms. The van der Waals surface area contributed by atoms with E-state index in [0.29, 0.717) is 0 Å². The second-order valence-corrected chi connectivity index (χ2v) is 3.12. The van der Waals surface area contributed by atoms with E-state index in [1.165, 1.54) is 10.9 Å². The average molecular weight is 256 g/mol. The molecule has 0 saturated heterocycles. The topological polar surface area (TPSA) is 15.8 Å². The molecule has 78 valence electrons. The van der Waals surface area contributed by atoms with E-state index in [2.05, 4.69) is 39.1 Å². The van der Waals surface area contributed by atoms with Crippen LogP contribution in [0.5, 0.6) is 0 Å². The summed E-state index contributed by atoms with van der Waals surface area (Å²) in [7, 11) is 0. The Morgan fingerprint density at radius 3 is 2.29 bits per heavy atom. The fraction of sp³-hybridized carbons (Fsp3) is 0.333. The third-order valence-electron chi connectivity index (χ3n) is 1.52. The lowest BCUT2D eigenvalue weighted by atomic mass is 10.3. The van der Waals surface area contributed by atoms with Gasteiger partial charge in [-0.2, -0.15) is 0 Å². The molecule has 0 radical (unpaired) electrons. The van der Waals surface area contributed by atoms with Gasteiger partial charge < -0.3 is 4.98 Å². The number of fused-ring (bicyclic) bond motifs is 1. The number of hydrogen-bond donors (Lipinski definition) is 1. The highest BCUT2D eigenvalue weighted by molar-refractivity contribution is 9.10. The first kappa shape index (κ1) is 13.2. The Balaban J connectivity index is 0.000000379. The van der Waals surface area contributed by atoms with Gasteiger partial charge in [0.15, 0.2) is 0 Å². The van der Waals surface area contributed by atoms with Crippen LogP contribution in [-0.2, 0) is 0 Å². The molecular formula is C12H18BrN. The highest BCUT2D eigenvalue weighted by Crippen LogP contribution is 2.17. The van der Waals surface area contributed by atoms with E-state index in [-0.39, 0.29) is 0 Å². The second kappa shape index (κ2) is 7.63. The molecule has 2 aromatic rings. The number of nitrogens with one attached hydrogen (secondary N) is 1. The molecule has 1 N–H and O–H groups in total. The van der Waals surface area contributed by atoms with E-state index in [1.807, 2.05) is 40.0 Å². The first-order valence-electron chi connectivity index (χ1n) is 5.09. The minimum absolute atomic E-state index is 1.11. The Labute approximate surface area is 94.7 Å².